The molecule has 0 atom stereocenters. The molecule has 4 rings (SSSR count). The molecule has 0 radical (unpaired) electrons. The first-order valence-corrected chi connectivity index (χ1v) is 9.05. The lowest BCUT2D eigenvalue weighted by atomic mass is 10.1. The molecule has 0 saturated heterocycles. The number of benzene rings is 1. The molecule has 138 valence electrons. The van der Waals surface area contributed by atoms with E-state index in [0.29, 0.717) is 30.9 Å². The summed E-state index contributed by atoms with van der Waals surface area (Å²) in [4.78, 5) is 27.5. The van der Waals surface area contributed by atoms with Crippen LogP contribution in [0.25, 0.3) is 12.2 Å². The Kier molecular flexibility index (Phi) is 4.28. The third-order valence-electron chi connectivity index (χ3n) is 4.03. The number of amides is 1. The van der Waals surface area contributed by atoms with E-state index in [9.17, 15) is 14.7 Å². The highest BCUT2D eigenvalue weighted by atomic mass is 32.1. The van der Waals surface area contributed by atoms with Gasteiger partial charge in [-0.25, -0.2) is 4.99 Å². The van der Waals surface area contributed by atoms with Crippen LogP contribution in [0.2, 0.25) is 0 Å². The average molecular weight is 404 g/mol. The van der Waals surface area contributed by atoms with E-state index in [2.05, 4.69) is 4.99 Å². The molecule has 2 aliphatic heterocycles. The number of aromatic hydroxyl groups is 1. The molecule has 1 aromatic heterocycles. The number of carbonyl (C=O) groups excluding carboxylic acids is 1. The molecule has 0 aliphatic carbocycles. The Bertz CT molecular complexity index is 1190. The lowest BCUT2D eigenvalue weighted by molar-refractivity contribution is -0.137. The smallest absolute Gasteiger partial charge is 0.305 e. The summed E-state index contributed by atoms with van der Waals surface area (Å²) in [5.41, 5.74) is 0.276. The topological polar surface area (TPSA) is 110 Å². The predicted molar refractivity (Wildman–Crippen MR) is 97.9 cm³/mol. The van der Waals surface area contributed by atoms with Gasteiger partial charge in [-0.1, -0.05) is 0 Å². The molecule has 8 nitrogen and oxygen atoms in total. The summed E-state index contributed by atoms with van der Waals surface area (Å²) in [6, 6.07) is 3.38. The molecule has 2 aromatic rings. The van der Waals surface area contributed by atoms with Gasteiger partial charge in [-0.15, -0.1) is 11.3 Å². The first-order valence-electron chi connectivity index (χ1n) is 7.83. The minimum Gasteiger partial charge on any atom is -0.493 e. The lowest BCUT2D eigenvalue weighted by Crippen LogP contribution is -2.30. The number of carboxylic acids is 1. The molecule has 27 heavy (non-hydrogen) atoms. The second-order valence-corrected chi connectivity index (χ2v) is 7.45. The van der Waals surface area contributed by atoms with Gasteiger partial charge >= 0.3 is 5.97 Å². The van der Waals surface area contributed by atoms with Crippen LogP contribution in [0.3, 0.4) is 0 Å². The van der Waals surface area contributed by atoms with Crippen LogP contribution in [-0.2, 0) is 16.1 Å². The molecule has 0 fully saturated rings. The number of nitrogens with zero attached hydrogens (tertiary/aromatic N) is 2. The molecule has 0 bridgehead atoms. The number of rotatable bonds is 4. The maximum atomic E-state index is 12.4. The van der Waals surface area contributed by atoms with Crippen LogP contribution in [0.15, 0.2) is 22.7 Å². The third-order valence-corrected chi connectivity index (χ3v) is 5.42. The zero-order valence-corrected chi connectivity index (χ0v) is 15.3. The van der Waals surface area contributed by atoms with Gasteiger partial charge < -0.3 is 19.7 Å². The molecule has 0 saturated carbocycles. The molecule has 1 amide bonds. The van der Waals surface area contributed by atoms with Gasteiger partial charge in [0, 0.05) is 23.4 Å². The first-order chi connectivity index (χ1) is 12.9. The number of hydrogen-bond donors (Lipinski definition) is 2. The van der Waals surface area contributed by atoms with Crippen LogP contribution in [-0.4, -0.2) is 33.4 Å². The number of fused-ring (bicyclic) bond motifs is 2. The average Bonchev–Trinajstić information content (AvgIpc) is 3.16. The maximum Gasteiger partial charge on any atom is 0.305 e. The van der Waals surface area contributed by atoms with Gasteiger partial charge in [-0.2, -0.15) is 0 Å². The largest absolute Gasteiger partial charge is 0.493 e. The minimum absolute atomic E-state index is 0.0496. The van der Waals surface area contributed by atoms with Crippen molar-refractivity contribution in [1.29, 1.82) is 0 Å². The summed E-state index contributed by atoms with van der Waals surface area (Å²) in [5, 5.41) is 20.3. The van der Waals surface area contributed by atoms with Crippen molar-refractivity contribution in [2.75, 3.05) is 6.79 Å². The third kappa shape index (κ3) is 3.24. The Morgan fingerprint density at radius 2 is 2.11 bits per heavy atom. The van der Waals surface area contributed by atoms with Crippen LogP contribution < -0.4 is 20.0 Å². The number of carbonyl (C=O) groups is 2. The Balaban J connectivity index is 1.75. The number of hydrogen-bond acceptors (Lipinski definition) is 7. The van der Waals surface area contributed by atoms with E-state index in [1.165, 1.54) is 10.6 Å². The quantitative estimate of drug-likeness (QED) is 0.582. The molecule has 10 heteroatoms. The van der Waals surface area contributed by atoms with Crippen LogP contribution in [0.5, 0.6) is 17.4 Å². The summed E-state index contributed by atoms with van der Waals surface area (Å²) in [6.45, 7) is 0.171. The Hall–Kier alpha value is -2.98. The summed E-state index contributed by atoms with van der Waals surface area (Å²) < 4.78 is 12.3. The van der Waals surface area contributed by atoms with Gasteiger partial charge in [0.1, 0.15) is 0 Å². The predicted octanol–water partition coefficient (Wildman–Crippen LogP) is 1.21. The van der Waals surface area contributed by atoms with Crippen molar-refractivity contribution in [3.05, 3.63) is 37.1 Å². The SMILES string of the molecule is O=C(O)CCn1c(O)c(/C=C2\C=c3cc4c(cc3=NC2=O)OCO4)sc1=S. The normalized spacial score (nSPS) is 16.0. The number of thiazole rings is 1. The number of aromatic nitrogens is 1. The Labute approximate surface area is 160 Å². The Morgan fingerprint density at radius 3 is 2.85 bits per heavy atom. The maximum absolute atomic E-state index is 12.4. The summed E-state index contributed by atoms with van der Waals surface area (Å²) in [5.74, 6) is -0.509. The van der Waals surface area contributed by atoms with Crippen molar-refractivity contribution >= 4 is 47.6 Å². The number of ether oxygens (including phenoxy) is 2. The van der Waals surface area contributed by atoms with Gasteiger partial charge in [-0.3, -0.25) is 14.2 Å². The number of aliphatic carboxylic acids is 1. The Morgan fingerprint density at radius 1 is 1.37 bits per heavy atom. The van der Waals surface area contributed by atoms with Crippen molar-refractivity contribution in [3.63, 3.8) is 0 Å². The van der Waals surface area contributed by atoms with E-state index in [1.54, 1.807) is 18.2 Å². The fourth-order valence-corrected chi connectivity index (χ4v) is 4.03. The number of carboxylic acid groups (broad SMARTS) is 1. The fourth-order valence-electron chi connectivity index (χ4n) is 2.72. The van der Waals surface area contributed by atoms with Gasteiger partial charge in [0.2, 0.25) is 12.7 Å². The van der Waals surface area contributed by atoms with Crippen molar-refractivity contribution in [2.45, 2.75) is 13.0 Å². The van der Waals surface area contributed by atoms with Crippen LogP contribution in [0, 0.1) is 3.95 Å². The van der Waals surface area contributed by atoms with Gasteiger partial charge in [0.05, 0.1) is 16.7 Å². The lowest BCUT2D eigenvalue weighted by Gasteiger charge is -2.05. The summed E-state index contributed by atoms with van der Waals surface area (Å²) >= 11 is 6.27. The highest BCUT2D eigenvalue weighted by molar-refractivity contribution is 7.73. The summed E-state index contributed by atoms with van der Waals surface area (Å²) in [7, 11) is 0. The van der Waals surface area contributed by atoms with E-state index in [4.69, 9.17) is 26.8 Å². The van der Waals surface area contributed by atoms with Crippen molar-refractivity contribution in [1.82, 2.24) is 4.57 Å². The fraction of sp³-hybridized carbons (Fsp3) is 0.176. The monoisotopic (exact) mass is 404 g/mol. The van der Waals surface area contributed by atoms with Crippen molar-refractivity contribution < 1.29 is 29.3 Å². The summed E-state index contributed by atoms with van der Waals surface area (Å²) in [6.07, 6.45) is 2.97. The molecule has 2 N–H and O–H groups in total. The van der Waals surface area contributed by atoms with Crippen molar-refractivity contribution in [2.24, 2.45) is 4.99 Å². The van der Waals surface area contributed by atoms with Crippen LogP contribution in [0.4, 0.5) is 0 Å². The molecule has 0 spiro atoms. The molecular weight excluding hydrogens is 392 g/mol. The van der Waals surface area contributed by atoms with Gasteiger partial charge in [0.15, 0.2) is 15.5 Å². The zero-order chi connectivity index (χ0) is 19.1. The van der Waals surface area contributed by atoms with E-state index in [1.807, 2.05) is 0 Å². The highest BCUT2D eigenvalue weighted by Gasteiger charge is 2.19. The van der Waals surface area contributed by atoms with E-state index in [-0.39, 0.29) is 31.2 Å². The minimum atomic E-state index is -0.993. The first kappa shape index (κ1) is 17.4. The van der Waals surface area contributed by atoms with Gasteiger partial charge in [0.25, 0.3) is 5.91 Å². The second-order valence-electron chi connectivity index (χ2n) is 5.78. The highest BCUT2D eigenvalue weighted by Crippen LogP contribution is 2.30. The molecule has 1 aromatic carbocycles. The second kappa shape index (κ2) is 6.63. The zero-order valence-electron chi connectivity index (χ0n) is 13.7. The van der Waals surface area contributed by atoms with Crippen molar-refractivity contribution in [3.8, 4) is 17.4 Å². The van der Waals surface area contributed by atoms with E-state index >= 15 is 0 Å². The van der Waals surface area contributed by atoms with Gasteiger partial charge in [-0.05, 0) is 30.4 Å². The standard InChI is InChI=1S/C17H12N2O6S2/c20-14(21)1-2-19-16(23)13(27-17(19)26)5-9-3-8-4-11-12(25-7-24-11)6-10(8)18-15(9)22/h3-6,23H,1-2,7H2,(H,20,21)/b9-5+. The van der Waals surface area contributed by atoms with Crippen LogP contribution in [0.1, 0.15) is 11.3 Å². The molecular formula is C17H12N2O6S2. The van der Waals surface area contributed by atoms with E-state index in [0.717, 1.165) is 11.3 Å². The van der Waals surface area contributed by atoms with Crippen LogP contribution >= 0.6 is 23.6 Å². The van der Waals surface area contributed by atoms with E-state index < -0.39 is 11.9 Å². The molecule has 0 unspecified atom stereocenters. The molecule has 2 aliphatic rings. The molecule has 3 heterocycles.